The molecule has 2 saturated heterocycles. The zero-order valence-electron chi connectivity index (χ0n) is 17.7. The van der Waals surface area contributed by atoms with Crippen LogP contribution in [0, 0.1) is 4.77 Å². The molecule has 4 rings (SSSR count). The molecule has 168 valence electrons. The monoisotopic (exact) mass is 465 g/mol. The zero-order valence-corrected chi connectivity index (χ0v) is 19.3. The van der Waals surface area contributed by atoms with Crippen LogP contribution >= 0.6 is 23.8 Å². The summed E-state index contributed by atoms with van der Waals surface area (Å²) >= 11 is 11.8. The molecule has 1 atom stereocenters. The van der Waals surface area contributed by atoms with E-state index in [-0.39, 0.29) is 12.0 Å². The van der Waals surface area contributed by atoms with E-state index in [4.69, 9.17) is 38.4 Å². The molecule has 2 aliphatic heterocycles. The van der Waals surface area contributed by atoms with Crippen LogP contribution in [-0.2, 0) is 27.5 Å². The van der Waals surface area contributed by atoms with Crippen molar-refractivity contribution in [2.45, 2.75) is 32.2 Å². The average molecular weight is 466 g/mol. The Morgan fingerprint density at radius 2 is 2.00 bits per heavy atom. The van der Waals surface area contributed by atoms with Crippen molar-refractivity contribution < 1.29 is 14.3 Å². The van der Waals surface area contributed by atoms with Crippen molar-refractivity contribution in [3.8, 4) is 11.4 Å². The lowest BCUT2D eigenvalue weighted by molar-refractivity contribution is -0.142. The first-order valence-electron chi connectivity index (χ1n) is 10.6. The number of halogens is 1. The molecule has 1 aromatic carbocycles. The van der Waals surface area contributed by atoms with Gasteiger partial charge in [0.1, 0.15) is 6.10 Å². The number of amides is 1. The van der Waals surface area contributed by atoms with Gasteiger partial charge in [0.25, 0.3) is 5.91 Å². The lowest BCUT2D eigenvalue weighted by atomic mass is 10.2. The van der Waals surface area contributed by atoms with E-state index in [1.807, 2.05) is 38.4 Å². The van der Waals surface area contributed by atoms with Crippen LogP contribution in [0.4, 0.5) is 0 Å². The number of benzene rings is 1. The first-order valence-corrected chi connectivity index (χ1v) is 11.4. The maximum atomic E-state index is 12.6. The van der Waals surface area contributed by atoms with Gasteiger partial charge in [-0.05, 0) is 49.3 Å². The molecule has 0 radical (unpaired) electrons. The molecule has 10 heteroatoms. The summed E-state index contributed by atoms with van der Waals surface area (Å²) in [5, 5.41) is 5.49. The molecule has 31 heavy (non-hydrogen) atoms. The molecule has 0 N–H and O–H groups in total. The van der Waals surface area contributed by atoms with E-state index in [0.717, 1.165) is 37.3 Å². The Hall–Kier alpha value is -1.78. The van der Waals surface area contributed by atoms with Crippen LogP contribution in [0.5, 0.6) is 0 Å². The van der Waals surface area contributed by atoms with Crippen LogP contribution in [0.1, 0.15) is 12.8 Å². The van der Waals surface area contributed by atoms with E-state index in [2.05, 4.69) is 4.90 Å². The minimum atomic E-state index is -0.251. The summed E-state index contributed by atoms with van der Waals surface area (Å²) in [4.78, 5) is 16.8. The molecule has 8 nitrogen and oxygen atoms in total. The standard InChI is InChI=1S/C21H28ClN5O3S/c1-29-14-12-26-19(16-4-6-17(22)7-5-16)23-27(21(26)31)15-24-8-10-25(11-9-24)20(28)18-3-2-13-30-18/h4-7,18H,2-3,8-15H2,1H3. The van der Waals surface area contributed by atoms with Crippen molar-refractivity contribution in [2.24, 2.45) is 0 Å². The van der Waals surface area contributed by atoms with Crippen molar-refractivity contribution in [3.63, 3.8) is 0 Å². The van der Waals surface area contributed by atoms with Crippen molar-refractivity contribution >= 4 is 29.7 Å². The molecule has 1 amide bonds. The molecule has 1 unspecified atom stereocenters. The Labute approximate surface area is 192 Å². The molecular weight excluding hydrogens is 438 g/mol. The summed E-state index contributed by atoms with van der Waals surface area (Å²) in [6.07, 6.45) is 1.55. The summed E-state index contributed by atoms with van der Waals surface area (Å²) in [7, 11) is 1.67. The maximum Gasteiger partial charge on any atom is 0.251 e. The summed E-state index contributed by atoms with van der Waals surface area (Å²) in [5.41, 5.74) is 0.956. The number of aromatic nitrogens is 3. The largest absolute Gasteiger partial charge is 0.383 e. The number of rotatable bonds is 7. The van der Waals surface area contributed by atoms with Crippen molar-refractivity contribution in [2.75, 3.05) is 46.5 Å². The van der Waals surface area contributed by atoms with E-state index in [0.29, 0.717) is 49.3 Å². The Balaban J connectivity index is 1.45. The third kappa shape index (κ3) is 5.18. The van der Waals surface area contributed by atoms with Gasteiger partial charge in [0.15, 0.2) is 10.6 Å². The fourth-order valence-electron chi connectivity index (χ4n) is 4.00. The second kappa shape index (κ2) is 10.2. The summed E-state index contributed by atoms with van der Waals surface area (Å²) in [6, 6.07) is 7.60. The SMILES string of the molecule is COCCn1c(-c2ccc(Cl)cc2)nn(CN2CCN(C(=O)C3CCCO3)CC2)c1=S. The van der Waals surface area contributed by atoms with Gasteiger partial charge in [-0.3, -0.25) is 14.3 Å². The Kier molecular flexibility index (Phi) is 7.39. The molecule has 3 heterocycles. The molecule has 2 fully saturated rings. The molecule has 1 aromatic heterocycles. The molecule has 2 aliphatic rings. The highest BCUT2D eigenvalue weighted by atomic mass is 35.5. The van der Waals surface area contributed by atoms with E-state index in [1.54, 1.807) is 7.11 Å². The smallest absolute Gasteiger partial charge is 0.251 e. The van der Waals surface area contributed by atoms with E-state index in [1.165, 1.54) is 0 Å². The number of carbonyl (C=O) groups excluding carboxylic acids is 1. The number of carbonyl (C=O) groups is 1. The molecule has 2 aromatic rings. The quantitative estimate of drug-likeness (QED) is 0.586. The Morgan fingerprint density at radius 3 is 2.65 bits per heavy atom. The summed E-state index contributed by atoms with van der Waals surface area (Å²) in [6.45, 7) is 5.39. The predicted octanol–water partition coefficient (Wildman–Crippen LogP) is 2.66. The van der Waals surface area contributed by atoms with Crippen molar-refractivity contribution in [1.29, 1.82) is 0 Å². The molecule has 0 bridgehead atoms. The van der Waals surface area contributed by atoms with E-state index >= 15 is 0 Å². The van der Waals surface area contributed by atoms with Gasteiger partial charge in [0.2, 0.25) is 0 Å². The number of methoxy groups -OCH3 is 1. The number of piperazine rings is 1. The Bertz CT molecular complexity index is 947. The lowest BCUT2D eigenvalue weighted by Gasteiger charge is -2.35. The van der Waals surface area contributed by atoms with Crippen LogP contribution in [-0.4, -0.2) is 82.7 Å². The zero-order chi connectivity index (χ0) is 21.8. The molecule has 0 saturated carbocycles. The van der Waals surface area contributed by atoms with Gasteiger partial charge in [-0.1, -0.05) is 11.6 Å². The third-order valence-corrected chi connectivity index (χ3v) is 6.45. The number of hydrogen-bond donors (Lipinski definition) is 0. The van der Waals surface area contributed by atoms with Crippen LogP contribution in [0.2, 0.25) is 5.02 Å². The summed E-state index contributed by atoms with van der Waals surface area (Å²) < 4.78 is 15.3. The molecule has 0 aliphatic carbocycles. The van der Waals surface area contributed by atoms with E-state index in [9.17, 15) is 4.79 Å². The molecular formula is C21H28ClN5O3S. The lowest BCUT2D eigenvalue weighted by Crippen LogP contribution is -2.51. The Morgan fingerprint density at radius 1 is 1.26 bits per heavy atom. The third-order valence-electron chi connectivity index (χ3n) is 5.77. The number of ether oxygens (including phenoxy) is 2. The highest BCUT2D eigenvalue weighted by molar-refractivity contribution is 7.71. The fourth-order valence-corrected chi connectivity index (χ4v) is 4.41. The second-order valence-corrected chi connectivity index (χ2v) is 8.65. The predicted molar refractivity (Wildman–Crippen MR) is 121 cm³/mol. The normalized spacial score (nSPS) is 19.8. The van der Waals surface area contributed by atoms with Gasteiger partial charge in [-0.15, -0.1) is 0 Å². The first kappa shape index (κ1) is 22.4. The first-order chi connectivity index (χ1) is 15.1. The van der Waals surface area contributed by atoms with Crippen LogP contribution in [0.15, 0.2) is 24.3 Å². The van der Waals surface area contributed by atoms with Crippen LogP contribution in [0.3, 0.4) is 0 Å². The van der Waals surface area contributed by atoms with Crippen molar-refractivity contribution in [3.05, 3.63) is 34.1 Å². The van der Waals surface area contributed by atoms with E-state index < -0.39 is 0 Å². The van der Waals surface area contributed by atoms with Crippen LogP contribution < -0.4 is 0 Å². The average Bonchev–Trinajstić information content (AvgIpc) is 3.42. The van der Waals surface area contributed by atoms with Crippen LogP contribution in [0.25, 0.3) is 11.4 Å². The highest BCUT2D eigenvalue weighted by Gasteiger charge is 2.30. The van der Waals surface area contributed by atoms with Gasteiger partial charge in [0, 0.05) is 50.5 Å². The van der Waals surface area contributed by atoms with Gasteiger partial charge >= 0.3 is 0 Å². The van der Waals surface area contributed by atoms with Gasteiger partial charge in [0.05, 0.1) is 19.8 Å². The maximum absolute atomic E-state index is 12.6. The van der Waals surface area contributed by atoms with Crippen molar-refractivity contribution in [1.82, 2.24) is 24.1 Å². The second-order valence-electron chi connectivity index (χ2n) is 7.84. The van der Waals surface area contributed by atoms with Gasteiger partial charge in [-0.2, -0.15) is 5.10 Å². The minimum Gasteiger partial charge on any atom is -0.383 e. The molecule has 0 spiro atoms. The minimum absolute atomic E-state index is 0.127. The van der Waals surface area contributed by atoms with Gasteiger partial charge < -0.3 is 14.4 Å². The topological polar surface area (TPSA) is 64.8 Å². The number of nitrogens with zero attached hydrogens (tertiary/aromatic N) is 5. The highest BCUT2D eigenvalue weighted by Crippen LogP contribution is 2.22. The summed E-state index contributed by atoms with van der Waals surface area (Å²) in [5.74, 6) is 0.925. The fraction of sp³-hybridized carbons (Fsp3) is 0.571. The van der Waals surface area contributed by atoms with Gasteiger partial charge in [-0.25, -0.2) is 4.68 Å². The number of hydrogen-bond acceptors (Lipinski definition) is 6.